The number of benzene rings is 1. The van der Waals surface area contributed by atoms with E-state index in [1.807, 2.05) is 26.4 Å². The van der Waals surface area contributed by atoms with E-state index in [0.717, 1.165) is 70.7 Å². The predicted molar refractivity (Wildman–Crippen MR) is 126 cm³/mol. The van der Waals surface area contributed by atoms with Crippen LogP contribution in [-0.4, -0.2) is 29.2 Å². The van der Waals surface area contributed by atoms with Gasteiger partial charge < -0.3 is 4.57 Å². The Balaban J connectivity index is 1.60. The second-order valence-corrected chi connectivity index (χ2v) is 9.37. The van der Waals surface area contributed by atoms with Gasteiger partial charge in [0.25, 0.3) is 5.69 Å². The van der Waals surface area contributed by atoms with Crippen molar-refractivity contribution >= 4 is 28.3 Å². The average molecular weight is 463 g/mol. The predicted octanol–water partition coefficient (Wildman–Crippen LogP) is 5.44. The van der Waals surface area contributed by atoms with E-state index in [9.17, 15) is 10.1 Å². The lowest BCUT2D eigenvalue weighted by Gasteiger charge is -2.10. The minimum atomic E-state index is -0.368. The standard InChI is InChI=1S/C24H23ClN6O2/c1-29-12-15-10-17(20(13-6-7-13)26-23(15)28-29)24-27-21(22(30(24)2)14-8-9-14)16-4-3-5-19(31(32)33)18(16)11-25/h3-5,10,12-14H,6-9,11H2,1-2H3. The fourth-order valence-corrected chi connectivity index (χ4v) is 5.10. The maximum atomic E-state index is 11.6. The summed E-state index contributed by atoms with van der Waals surface area (Å²) < 4.78 is 3.95. The van der Waals surface area contributed by atoms with Crippen LogP contribution in [0.25, 0.3) is 33.7 Å². The maximum Gasteiger partial charge on any atom is 0.274 e. The number of imidazole rings is 1. The van der Waals surface area contributed by atoms with Crippen molar-refractivity contribution in [3.63, 3.8) is 0 Å². The topological polar surface area (TPSA) is 91.7 Å². The highest BCUT2D eigenvalue weighted by molar-refractivity contribution is 6.17. The van der Waals surface area contributed by atoms with Crippen LogP contribution in [0.5, 0.6) is 0 Å². The quantitative estimate of drug-likeness (QED) is 0.216. The van der Waals surface area contributed by atoms with E-state index in [4.69, 9.17) is 21.6 Å². The lowest BCUT2D eigenvalue weighted by Crippen LogP contribution is -2.02. The van der Waals surface area contributed by atoms with Gasteiger partial charge in [-0.25, -0.2) is 9.97 Å². The van der Waals surface area contributed by atoms with E-state index in [1.54, 1.807) is 10.7 Å². The number of hydrogen-bond donors (Lipinski definition) is 0. The van der Waals surface area contributed by atoms with Crippen LogP contribution in [0.4, 0.5) is 5.69 Å². The minimum absolute atomic E-state index is 0.0357. The summed E-state index contributed by atoms with van der Waals surface area (Å²) in [6, 6.07) is 7.26. The van der Waals surface area contributed by atoms with Crippen molar-refractivity contribution in [2.45, 2.75) is 43.4 Å². The van der Waals surface area contributed by atoms with Gasteiger partial charge >= 0.3 is 0 Å². The number of aryl methyl sites for hydroxylation is 1. The van der Waals surface area contributed by atoms with Gasteiger partial charge in [0.05, 0.1) is 27.8 Å². The smallest absolute Gasteiger partial charge is 0.274 e. The average Bonchev–Trinajstić information content (AvgIpc) is 3.72. The van der Waals surface area contributed by atoms with Crippen LogP contribution >= 0.6 is 11.6 Å². The molecule has 0 aliphatic heterocycles. The molecule has 2 aliphatic rings. The van der Waals surface area contributed by atoms with Gasteiger partial charge in [0.1, 0.15) is 5.82 Å². The summed E-state index contributed by atoms with van der Waals surface area (Å²) in [6.45, 7) is 0. The monoisotopic (exact) mass is 462 g/mol. The number of nitro benzene ring substituents is 1. The van der Waals surface area contributed by atoms with E-state index in [1.165, 1.54) is 6.07 Å². The van der Waals surface area contributed by atoms with Gasteiger partial charge in [0.2, 0.25) is 0 Å². The molecule has 0 amide bonds. The van der Waals surface area contributed by atoms with E-state index in [2.05, 4.69) is 15.7 Å². The maximum absolute atomic E-state index is 11.6. The van der Waals surface area contributed by atoms with Gasteiger partial charge in [-0.05, 0) is 31.7 Å². The summed E-state index contributed by atoms with van der Waals surface area (Å²) in [5.41, 5.74) is 6.01. The largest absolute Gasteiger partial charge is 0.330 e. The highest BCUT2D eigenvalue weighted by Crippen LogP contribution is 2.49. The van der Waals surface area contributed by atoms with Crippen LogP contribution in [0, 0.1) is 10.1 Å². The molecule has 0 saturated heterocycles. The van der Waals surface area contributed by atoms with E-state index < -0.39 is 0 Å². The molecule has 4 aromatic rings. The van der Waals surface area contributed by atoms with Crippen molar-refractivity contribution in [1.29, 1.82) is 0 Å². The molecule has 2 aliphatic carbocycles. The van der Waals surface area contributed by atoms with Gasteiger partial charge in [-0.3, -0.25) is 14.8 Å². The molecule has 9 heteroatoms. The number of nitro groups is 1. The van der Waals surface area contributed by atoms with E-state index >= 15 is 0 Å². The Bertz CT molecular complexity index is 1430. The lowest BCUT2D eigenvalue weighted by molar-refractivity contribution is -0.385. The van der Waals surface area contributed by atoms with Crippen LogP contribution in [0.2, 0.25) is 0 Å². The molecule has 168 valence electrons. The molecule has 0 unspecified atom stereocenters. The van der Waals surface area contributed by atoms with Crippen molar-refractivity contribution in [2.24, 2.45) is 14.1 Å². The molecule has 2 saturated carbocycles. The number of pyridine rings is 1. The third kappa shape index (κ3) is 3.31. The van der Waals surface area contributed by atoms with Crippen LogP contribution in [-0.2, 0) is 20.0 Å². The Morgan fingerprint density at radius 3 is 2.55 bits per heavy atom. The summed E-state index contributed by atoms with van der Waals surface area (Å²) in [5.74, 6) is 1.72. The van der Waals surface area contributed by atoms with E-state index in [0.29, 0.717) is 17.4 Å². The molecular weight excluding hydrogens is 440 g/mol. The molecule has 8 nitrogen and oxygen atoms in total. The van der Waals surface area contributed by atoms with Crippen molar-refractivity contribution in [3.8, 4) is 22.6 Å². The molecule has 0 bridgehead atoms. The van der Waals surface area contributed by atoms with Gasteiger partial charge in [0.15, 0.2) is 5.65 Å². The molecule has 0 spiro atoms. The van der Waals surface area contributed by atoms with Crippen molar-refractivity contribution < 1.29 is 4.92 Å². The normalized spacial score (nSPS) is 16.0. The summed E-state index contributed by atoms with van der Waals surface area (Å²) >= 11 is 6.23. The number of rotatable bonds is 6. The highest BCUT2D eigenvalue weighted by Gasteiger charge is 2.36. The van der Waals surface area contributed by atoms with Crippen LogP contribution < -0.4 is 0 Å². The third-order valence-corrected chi connectivity index (χ3v) is 6.95. The highest BCUT2D eigenvalue weighted by atomic mass is 35.5. The molecule has 0 atom stereocenters. The summed E-state index contributed by atoms with van der Waals surface area (Å²) in [4.78, 5) is 21.3. The fraction of sp³-hybridized carbons (Fsp3) is 0.375. The number of hydrogen-bond acceptors (Lipinski definition) is 5. The Morgan fingerprint density at radius 2 is 1.88 bits per heavy atom. The SMILES string of the molecule is Cn1cc2cc(-c3nc(-c4cccc([N+](=O)[O-])c4CCl)c(C4CC4)n3C)c(C3CC3)nc2n1. The van der Waals surface area contributed by atoms with Crippen molar-refractivity contribution in [3.05, 3.63) is 57.5 Å². The zero-order valence-electron chi connectivity index (χ0n) is 18.5. The summed E-state index contributed by atoms with van der Waals surface area (Å²) in [6.07, 6.45) is 6.39. The van der Waals surface area contributed by atoms with Crippen LogP contribution in [0.15, 0.2) is 30.5 Å². The van der Waals surface area contributed by atoms with E-state index in [-0.39, 0.29) is 16.5 Å². The van der Waals surface area contributed by atoms with Crippen molar-refractivity contribution in [2.75, 3.05) is 0 Å². The van der Waals surface area contributed by atoms with Crippen LogP contribution in [0.3, 0.4) is 0 Å². The molecule has 0 radical (unpaired) electrons. The van der Waals surface area contributed by atoms with Gasteiger partial charge in [-0.1, -0.05) is 12.1 Å². The Morgan fingerprint density at radius 1 is 1.12 bits per heavy atom. The van der Waals surface area contributed by atoms with Crippen LogP contribution in [0.1, 0.15) is 54.5 Å². The zero-order valence-corrected chi connectivity index (χ0v) is 19.2. The molecule has 0 N–H and O–H groups in total. The molecule has 3 aromatic heterocycles. The fourth-order valence-electron chi connectivity index (χ4n) is 4.82. The first-order valence-corrected chi connectivity index (χ1v) is 11.7. The zero-order chi connectivity index (χ0) is 22.9. The Kier molecular flexibility index (Phi) is 4.55. The summed E-state index contributed by atoms with van der Waals surface area (Å²) in [7, 11) is 3.94. The summed E-state index contributed by atoms with van der Waals surface area (Å²) in [5, 5.41) is 17.1. The number of fused-ring (bicyclic) bond motifs is 1. The van der Waals surface area contributed by atoms with Crippen molar-refractivity contribution in [1.82, 2.24) is 24.3 Å². The van der Waals surface area contributed by atoms with Gasteiger partial charge in [0, 0.05) is 60.4 Å². The number of alkyl halides is 1. The molecule has 1 aromatic carbocycles. The second kappa shape index (κ2) is 7.38. The Hall–Kier alpha value is -3.26. The van der Waals surface area contributed by atoms with Gasteiger partial charge in [-0.15, -0.1) is 11.6 Å². The lowest BCUT2D eigenvalue weighted by atomic mass is 10.0. The first-order valence-electron chi connectivity index (χ1n) is 11.2. The Labute approximate surface area is 195 Å². The first-order chi connectivity index (χ1) is 16.0. The van der Waals surface area contributed by atoms with Gasteiger partial charge in [-0.2, -0.15) is 5.10 Å². The minimum Gasteiger partial charge on any atom is -0.330 e. The first kappa shape index (κ1) is 20.4. The molecular formula is C24H23ClN6O2. The molecule has 6 rings (SSSR count). The molecule has 33 heavy (non-hydrogen) atoms. The number of halogens is 1. The second-order valence-electron chi connectivity index (χ2n) is 9.11. The molecule has 3 heterocycles. The number of aromatic nitrogens is 5. The molecule has 2 fully saturated rings. The number of nitrogens with zero attached hydrogens (tertiary/aromatic N) is 6. The third-order valence-electron chi connectivity index (χ3n) is 6.68.